The topological polar surface area (TPSA) is 84.0 Å². The van der Waals surface area contributed by atoms with Crippen LogP contribution in [-0.2, 0) is 9.47 Å². The number of anilines is 1. The number of carbonyl (C=O) groups excluding carboxylic acids is 2. The molecule has 28 heavy (non-hydrogen) atoms. The highest BCUT2D eigenvalue weighted by atomic mass is 16.6. The molecule has 2 aliphatic rings. The van der Waals surface area contributed by atoms with Crippen LogP contribution in [0.1, 0.15) is 37.0 Å². The van der Waals surface area contributed by atoms with Gasteiger partial charge in [0.1, 0.15) is 5.82 Å². The predicted octanol–water partition coefficient (Wildman–Crippen LogP) is 1.90. The number of hydrogen-bond acceptors (Lipinski definition) is 6. The third-order valence-corrected chi connectivity index (χ3v) is 5.39. The molecular formula is C20H30N4O4. The van der Waals surface area contributed by atoms with Crippen LogP contribution in [0.15, 0.2) is 18.3 Å². The van der Waals surface area contributed by atoms with Crippen LogP contribution in [0.5, 0.6) is 0 Å². The maximum absolute atomic E-state index is 13.0. The predicted molar refractivity (Wildman–Crippen MR) is 106 cm³/mol. The van der Waals surface area contributed by atoms with E-state index in [0.29, 0.717) is 44.3 Å². The highest BCUT2D eigenvalue weighted by molar-refractivity contribution is 5.99. The van der Waals surface area contributed by atoms with E-state index in [4.69, 9.17) is 9.47 Å². The van der Waals surface area contributed by atoms with E-state index in [-0.39, 0.29) is 24.0 Å². The Morgan fingerprint density at radius 3 is 2.89 bits per heavy atom. The Bertz CT molecular complexity index is 678. The minimum atomic E-state index is -0.271. The van der Waals surface area contributed by atoms with E-state index in [2.05, 4.69) is 15.2 Å². The fourth-order valence-electron chi connectivity index (χ4n) is 3.80. The molecule has 3 rings (SSSR count). The van der Waals surface area contributed by atoms with Gasteiger partial charge in [-0.25, -0.2) is 9.78 Å². The van der Waals surface area contributed by atoms with Gasteiger partial charge in [0.15, 0.2) is 0 Å². The van der Waals surface area contributed by atoms with Gasteiger partial charge in [0.05, 0.1) is 25.4 Å². The number of carbonyl (C=O) groups is 2. The van der Waals surface area contributed by atoms with Crippen LogP contribution in [0, 0.1) is 5.92 Å². The van der Waals surface area contributed by atoms with Crippen molar-refractivity contribution in [2.45, 2.75) is 32.7 Å². The van der Waals surface area contributed by atoms with Crippen LogP contribution in [-0.4, -0.2) is 73.9 Å². The van der Waals surface area contributed by atoms with Gasteiger partial charge in [0.2, 0.25) is 0 Å². The lowest BCUT2D eigenvalue weighted by molar-refractivity contribution is 0.0788. The second kappa shape index (κ2) is 9.73. The first-order valence-electron chi connectivity index (χ1n) is 10.1. The Morgan fingerprint density at radius 1 is 1.36 bits per heavy atom. The molecule has 8 heteroatoms. The number of rotatable bonds is 5. The van der Waals surface area contributed by atoms with E-state index in [1.807, 2.05) is 19.9 Å². The average molecular weight is 390 g/mol. The number of morpholine rings is 1. The largest absolute Gasteiger partial charge is 0.450 e. The van der Waals surface area contributed by atoms with Crippen molar-refractivity contribution in [3.63, 3.8) is 0 Å². The van der Waals surface area contributed by atoms with E-state index in [1.54, 1.807) is 17.2 Å². The molecule has 1 aromatic heterocycles. The second-order valence-electron chi connectivity index (χ2n) is 7.28. The third-order valence-electron chi connectivity index (χ3n) is 5.39. The van der Waals surface area contributed by atoms with Gasteiger partial charge in [-0.05, 0) is 44.7 Å². The normalized spacial score (nSPS) is 21.1. The summed E-state index contributed by atoms with van der Waals surface area (Å²) in [7, 11) is 0. The van der Waals surface area contributed by atoms with Gasteiger partial charge in [-0.15, -0.1) is 0 Å². The van der Waals surface area contributed by atoms with Crippen molar-refractivity contribution in [2.24, 2.45) is 5.92 Å². The number of piperidine rings is 1. The number of nitrogens with zero attached hydrogens (tertiary/aromatic N) is 3. The molecule has 0 aliphatic carbocycles. The van der Waals surface area contributed by atoms with Crippen LogP contribution in [0.4, 0.5) is 10.6 Å². The molecule has 1 N–H and O–H groups in total. The molecule has 0 radical (unpaired) electrons. The van der Waals surface area contributed by atoms with Gasteiger partial charge < -0.3 is 24.6 Å². The molecule has 0 unspecified atom stereocenters. The zero-order chi connectivity index (χ0) is 19.9. The monoisotopic (exact) mass is 390 g/mol. The molecule has 2 aliphatic heterocycles. The van der Waals surface area contributed by atoms with Crippen LogP contribution in [0.2, 0.25) is 0 Å². The Kier molecular flexibility index (Phi) is 7.08. The third kappa shape index (κ3) is 4.92. The average Bonchev–Trinajstić information content (AvgIpc) is 2.74. The van der Waals surface area contributed by atoms with Crippen molar-refractivity contribution >= 4 is 17.8 Å². The highest BCUT2D eigenvalue weighted by Crippen LogP contribution is 2.22. The van der Waals surface area contributed by atoms with Crippen molar-refractivity contribution in [3.8, 4) is 0 Å². The lowest BCUT2D eigenvalue weighted by atomic mass is 9.91. The summed E-state index contributed by atoms with van der Waals surface area (Å²) in [6.45, 7) is 8.22. The number of amides is 2. The smallest absolute Gasteiger partial charge is 0.409 e. The van der Waals surface area contributed by atoms with Gasteiger partial charge in [-0.2, -0.15) is 0 Å². The van der Waals surface area contributed by atoms with Crippen LogP contribution in [0.3, 0.4) is 0 Å². The molecule has 0 spiro atoms. The molecule has 0 saturated carbocycles. The molecule has 1 aromatic rings. The summed E-state index contributed by atoms with van der Waals surface area (Å²) in [5.74, 6) is 0.772. The quantitative estimate of drug-likeness (QED) is 0.827. The van der Waals surface area contributed by atoms with Crippen molar-refractivity contribution < 1.29 is 19.1 Å². The first-order valence-corrected chi connectivity index (χ1v) is 10.1. The zero-order valence-electron chi connectivity index (χ0n) is 16.7. The van der Waals surface area contributed by atoms with Crippen LogP contribution >= 0.6 is 0 Å². The number of pyridine rings is 1. The van der Waals surface area contributed by atoms with Gasteiger partial charge in [-0.1, -0.05) is 0 Å². The second-order valence-corrected chi connectivity index (χ2v) is 7.28. The highest BCUT2D eigenvalue weighted by Gasteiger charge is 2.29. The fraction of sp³-hybridized carbons (Fsp3) is 0.650. The Hall–Kier alpha value is -2.35. The van der Waals surface area contributed by atoms with E-state index < -0.39 is 0 Å². The summed E-state index contributed by atoms with van der Waals surface area (Å²) >= 11 is 0. The fourth-order valence-corrected chi connectivity index (χ4v) is 3.80. The summed E-state index contributed by atoms with van der Waals surface area (Å²) < 4.78 is 10.5. The summed E-state index contributed by atoms with van der Waals surface area (Å²) in [6.07, 6.45) is 3.33. The maximum atomic E-state index is 13.0. The molecular weight excluding hydrogens is 360 g/mol. The molecule has 2 amide bonds. The number of nitrogens with one attached hydrogen (secondary N) is 1. The number of ether oxygens (including phenoxy) is 2. The number of hydrogen-bond donors (Lipinski definition) is 1. The van der Waals surface area contributed by atoms with Crippen molar-refractivity contribution in [1.82, 2.24) is 15.2 Å². The number of likely N-dealkylation sites (tertiary alicyclic amines) is 1. The first kappa shape index (κ1) is 20.4. The molecule has 8 nitrogen and oxygen atoms in total. The van der Waals surface area contributed by atoms with Gasteiger partial charge in [0.25, 0.3) is 5.91 Å². The van der Waals surface area contributed by atoms with E-state index in [9.17, 15) is 9.59 Å². The van der Waals surface area contributed by atoms with Gasteiger partial charge in [-0.3, -0.25) is 4.79 Å². The minimum Gasteiger partial charge on any atom is -0.450 e. The van der Waals surface area contributed by atoms with Crippen molar-refractivity contribution in [3.05, 3.63) is 23.9 Å². The van der Waals surface area contributed by atoms with Gasteiger partial charge >= 0.3 is 6.09 Å². The summed E-state index contributed by atoms with van der Waals surface area (Å²) in [5.41, 5.74) is 0.578. The zero-order valence-corrected chi connectivity index (χ0v) is 16.7. The van der Waals surface area contributed by atoms with E-state index >= 15 is 0 Å². The molecule has 2 fully saturated rings. The number of aromatic nitrogens is 1. The summed E-state index contributed by atoms with van der Waals surface area (Å²) in [4.78, 5) is 33.3. The standard InChI is InChI=1S/C20H30N4O4/c1-3-28-20(26)24-9-5-6-16(14-24)15(2)22-19(25)17-7-4-8-21-18(17)23-10-12-27-13-11-23/h4,7-8,15-16H,3,5-6,9-14H2,1-2H3,(H,22,25)/t15-,16-/m1/s1. The lowest BCUT2D eigenvalue weighted by Crippen LogP contribution is -2.48. The molecule has 2 saturated heterocycles. The van der Waals surface area contributed by atoms with Crippen LogP contribution in [0.25, 0.3) is 0 Å². The van der Waals surface area contributed by atoms with Crippen LogP contribution < -0.4 is 10.2 Å². The lowest BCUT2D eigenvalue weighted by Gasteiger charge is -2.35. The van der Waals surface area contributed by atoms with Gasteiger partial charge in [0, 0.05) is 38.4 Å². The van der Waals surface area contributed by atoms with Crippen molar-refractivity contribution in [2.75, 3.05) is 50.9 Å². The SMILES string of the molecule is CCOC(=O)N1CCC[C@@H]([C@@H](C)NC(=O)c2cccnc2N2CCOCC2)C1. The van der Waals surface area contributed by atoms with E-state index in [0.717, 1.165) is 25.9 Å². The Balaban J connectivity index is 1.63. The first-order chi connectivity index (χ1) is 13.6. The Morgan fingerprint density at radius 2 is 2.14 bits per heavy atom. The molecule has 154 valence electrons. The summed E-state index contributed by atoms with van der Waals surface area (Å²) in [5, 5.41) is 3.12. The molecule has 2 atom stereocenters. The Labute approximate surface area is 166 Å². The molecule has 3 heterocycles. The van der Waals surface area contributed by atoms with Crippen molar-refractivity contribution in [1.29, 1.82) is 0 Å². The summed E-state index contributed by atoms with van der Waals surface area (Å²) in [6, 6.07) is 3.54. The molecule has 0 bridgehead atoms. The maximum Gasteiger partial charge on any atom is 0.409 e. The van der Waals surface area contributed by atoms with E-state index in [1.165, 1.54) is 0 Å². The molecule has 0 aromatic carbocycles. The minimum absolute atomic E-state index is 0.0533.